The molecule has 1 amide bonds. The Morgan fingerprint density at radius 2 is 1.95 bits per heavy atom. The van der Waals surface area contributed by atoms with Gasteiger partial charge in [-0.1, -0.05) is 29.3 Å². The molecule has 2 rings (SSSR count). The fourth-order valence-corrected chi connectivity index (χ4v) is 2.92. The van der Waals surface area contributed by atoms with Crippen LogP contribution in [-0.2, 0) is 4.74 Å². The Labute approximate surface area is 141 Å². The molecule has 4 nitrogen and oxygen atoms in total. The third-order valence-electron chi connectivity index (χ3n) is 3.53. The Kier molecular flexibility index (Phi) is 5.13. The Morgan fingerprint density at radius 3 is 2.55 bits per heavy atom. The summed E-state index contributed by atoms with van der Waals surface area (Å²) in [5.74, 6) is 0. The van der Waals surface area contributed by atoms with E-state index in [2.05, 4.69) is 4.90 Å². The van der Waals surface area contributed by atoms with Crippen LogP contribution in [0.5, 0.6) is 0 Å². The molecule has 0 unspecified atom stereocenters. The molecule has 0 bridgehead atoms. The molecule has 22 heavy (non-hydrogen) atoms. The minimum atomic E-state index is -0.482. The van der Waals surface area contributed by atoms with Crippen LogP contribution >= 0.6 is 23.2 Å². The standard InChI is InChI=1S/C16H22Cl2N2O2/c1-11-10-19(13-7-5-6-12(17)14(13)18)8-9-20(11)15(21)22-16(2,3)4/h5-7,11H,8-10H2,1-4H3/t11-/m1/s1. The molecular formula is C16H22Cl2N2O2. The van der Waals surface area contributed by atoms with Crippen LogP contribution in [0, 0.1) is 0 Å². The van der Waals surface area contributed by atoms with Gasteiger partial charge in [0.05, 0.1) is 15.7 Å². The summed E-state index contributed by atoms with van der Waals surface area (Å²) in [5.41, 5.74) is 0.425. The van der Waals surface area contributed by atoms with Crippen molar-refractivity contribution in [2.24, 2.45) is 0 Å². The van der Waals surface area contributed by atoms with Crippen LogP contribution in [0.25, 0.3) is 0 Å². The SMILES string of the molecule is C[C@@H]1CN(c2cccc(Cl)c2Cl)CCN1C(=O)OC(C)(C)C. The number of hydrogen-bond acceptors (Lipinski definition) is 3. The summed E-state index contributed by atoms with van der Waals surface area (Å²) in [6, 6.07) is 5.64. The van der Waals surface area contributed by atoms with Crippen LogP contribution in [0.1, 0.15) is 27.7 Å². The van der Waals surface area contributed by atoms with Crippen molar-refractivity contribution in [3.63, 3.8) is 0 Å². The molecule has 1 fully saturated rings. The molecule has 1 atom stereocenters. The van der Waals surface area contributed by atoms with Crippen LogP contribution < -0.4 is 4.90 Å². The average Bonchev–Trinajstić information content (AvgIpc) is 2.39. The van der Waals surface area contributed by atoms with Crippen LogP contribution in [0.15, 0.2) is 18.2 Å². The van der Waals surface area contributed by atoms with E-state index in [1.807, 2.05) is 39.8 Å². The molecule has 0 N–H and O–H groups in total. The van der Waals surface area contributed by atoms with Gasteiger partial charge in [0, 0.05) is 25.7 Å². The third kappa shape index (κ3) is 3.99. The Morgan fingerprint density at radius 1 is 1.27 bits per heavy atom. The first-order chi connectivity index (χ1) is 10.2. The lowest BCUT2D eigenvalue weighted by Gasteiger charge is -2.41. The number of carbonyl (C=O) groups excluding carboxylic acids is 1. The van der Waals surface area contributed by atoms with Crippen molar-refractivity contribution in [2.45, 2.75) is 39.3 Å². The van der Waals surface area contributed by atoms with Crippen molar-refractivity contribution >= 4 is 35.0 Å². The van der Waals surface area contributed by atoms with Crippen molar-refractivity contribution in [3.8, 4) is 0 Å². The molecule has 0 aromatic heterocycles. The van der Waals surface area contributed by atoms with E-state index in [1.165, 1.54) is 0 Å². The topological polar surface area (TPSA) is 32.8 Å². The van der Waals surface area contributed by atoms with Crippen molar-refractivity contribution in [1.29, 1.82) is 0 Å². The Bertz CT molecular complexity index is 558. The van der Waals surface area contributed by atoms with E-state index < -0.39 is 5.60 Å². The molecule has 1 aliphatic heterocycles. The normalized spacial score (nSPS) is 19.3. The molecule has 0 saturated carbocycles. The first kappa shape index (κ1) is 17.2. The summed E-state index contributed by atoms with van der Waals surface area (Å²) in [6.45, 7) is 9.61. The smallest absolute Gasteiger partial charge is 0.410 e. The van der Waals surface area contributed by atoms with Crippen molar-refractivity contribution in [1.82, 2.24) is 4.90 Å². The number of nitrogens with zero attached hydrogens (tertiary/aromatic N) is 2. The molecule has 1 aromatic rings. The quantitative estimate of drug-likeness (QED) is 0.754. The number of anilines is 1. The van der Waals surface area contributed by atoms with Gasteiger partial charge >= 0.3 is 6.09 Å². The molecule has 0 aliphatic carbocycles. The largest absolute Gasteiger partial charge is 0.444 e. The second-order valence-corrected chi connectivity index (χ2v) is 7.33. The zero-order valence-electron chi connectivity index (χ0n) is 13.4. The fourth-order valence-electron chi connectivity index (χ4n) is 2.50. The van der Waals surface area contributed by atoms with Gasteiger partial charge < -0.3 is 14.5 Å². The number of ether oxygens (including phenoxy) is 1. The highest BCUT2D eigenvalue weighted by molar-refractivity contribution is 6.43. The second-order valence-electron chi connectivity index (χ2n) is 6.54. The van der Waals surface area contributed by atoms with Crippen LogP contribution in [0.3, 0.4) is 0 Å². The fraction of sp³-hybridized carbons (Fsp3) is 0.562. The number of halogens is 2. The zero-order chi connectivity index (χ0) is 16.5. The number of rotatable bonds is 1. The summed E-state index contributed by atoms with van der Waals surface area (Å²) in [6.07, 6.45) is -0.267. The summed E-state index contributed by atoms with van der Waals surface area (Å²) >= 11 is 12.4. The zero-order valence-corrected chi connectivity index (χ0v) is 14.9. The lowest BCUT2D eigenvalue weighted by molar-refractivity contribution is 0.0159. The Balaban J connectivity index is 2.07. The second kappa shape index (κ2) is 6.55. The molecule has 1 heterocycles. The lowest BCUT2D eigenvalue weighted by atomic mass is 10.1. The van der Waals surface area contributed by atoms with Gasteiger partial charge in [-0.2, -0.15) is 0 Å². The molecule has 0 spiro atoms. The molecule has 1 aliphatic rings. The van der Waals surface area contributed by atoms with Gasteiger partial charge in [0.1, 0.15) is 5.60 Å². The summed E-state index contributed by atoms with van der Waals surface area (Å²) in [5, 5.41) is 1.10. The predicted molar refractivity (Wildman–Crippen MR) is 91.1 cm³/mol. The summed E-state index contributed by atoms with van der Waals surface area (Å²) in [4.78, 5) is 16.1. The van der Waals surface area contributed by atoms with E-state index in [0.29, 0.717) is 29.7 Å². The maximum Gasteiger partial charge on any atom is 0.410 e. The van der Waals surface area contributed by atoms with Crippen LogP contribution in [0.2, 0.25) is 10.0 Å². The van der Waals surface area contributed by atoms with E-state index in [4.69, 9.17) is 27.9 Å². The average molecular weight is 345 g/mol. The van der Waals surface area contributed by atoms with Gasteiger partial charge in [0.25, 0.3) is 0 Å². The van der Waals surface area contributed by atoms with Gasteiger partial charge in [-0.05, 0) is 39.8 Å². The maximum atomic E-state index is 12.2. The minimum Gasteiger partial charge on any atom is -0.444 e. The minimum absolute atomic E-state index is 0.0404. The van der Waals surface area contributed by atoms with E-state index >= 15 is 0 Å². The van der Waals surface area contributed by atoms with Crippen molar-refractivity contribution < 1.29 is 9.53 Å². The first-order valence-corrected chi connectivity index (χ1v) is 8.13. The van der Waals surface area contributed by atoms with Gasteiger partial charge in [0.2, 0.25) is 0 Å². The van der Waals surface area contributed by atoms with Crippen LogP contribution in [-0.4, -0.2) is 42.3 Å². The first-order valence-electron chi connectivity index (χ1n) is 7.37. The van der Waals surface area contributed by atoms with E-state index in [0.717, 1.165) is 5.69 Å². The van der Waals surface area contributed by atoms with Crippen molar-refractivity contribution in [2.75, 3.05) is 24.5 Å². The number of piperazine rings is 1. The maximum absolute atomic E-state index is 12.2. The third-order valence-corrected chi connectivity index (χ3v) is 4.34. The van der Waals surface area contributed by atoms with Gasteiger partial charge in [-0.15, -0.1) is 0 Å². The number of benzene rings is 1. The van der Waals surface area contributed by atoms with E-state index in [1.54, 1.807) is 11.0 Å². The number of carbonyl (C=O) groups is 1. The number of hydrogen-bond donors (Lipinski definition) is 0. The predicted octanol–water partition coefficient (Wildman–Crippen LogP) is 4.44. The molecule has 1 aromatic carbocycles. The summed E-state index contributed by atoms with van der Waals surface area (Å²) in [7, 11) is 0. The highest BCUT2D eigenvalue weighted by atomic mass is 35.5. The highest BCUT2D eigenvalue weighted by Crippen LogP contribution is 2.33. The van der Waals surface area contributed by atoms with E-state index in [9.17, 15) is 4.79 Å². The van der Waals surface area contributed by atoms with Crippen molar-refractivity contribution in [3.05, 3.63) is 28.2 Å². The number of amides is 1. The summed E-state index contributed by atoms with van der Waals surface area (Å²) < 4.78 is 5.45. The molecule has 6 heteroatoms. The molecular weight excluding hydrogens is 323 g/mol. The molecule has 1 saturated heterocycles. The lowest BCUT2D eigenvalue weighted by Crippen LogP contribution is -2.55. The van der Waals surface area contributed by atoms with Gasteiger partial charge in [0.15, 0.2) is 0 Å². The molecule has 0 radical (unpaired) electrons. The monoisotopic (exact) mass is 344 g/mol. The Hall–Kier alpha value is -1.13. The van der Waals surface area contributed by atoms with E-state index in [-0.39, 0.29) is 12.1 Å². The highest BCUT2D eigenvalue weighted by Gasteiger charge is 2.31. The van der Waals surface area contributed by atoms with Gasteiger partial charge in [-0.3, -0.25) is 0 Å². The van der Waals surface area contributed by atoms with Gasteiger partial charge in [-0.25, -0.2) is 4.79 Å². The molecule has 122 valence electrons. The van der Waals surface area contributed by atoms with Crippen LogP contribution in [0.4, 0.5) is 10.5 Å².